The highest BCUT2D eigenvalue weighted by Crippen LogP contribution is 2.26. The number of nitrogens with one attached hydrogen (secondary N) is 2. The molecule has 0 saturated carbocycles. The maximum absolute atomic E-state index is 12.5. The van der Waals surface area contributed by atoms with E-state index in [1.165, 1.54) is 19.2 Å². The molecule has 1 heterocycles. The van der Waals surface area contributed by atoms with E-state index in [9.17, 15) is 13.2 Å². The molecule has 0 atom stereocenters. The van der Waals surface area contributed by atoms with Gasteiger partial charge in [-0.15, -0.1) is 0 Å². The van der Waals surface area contributed by atoms with Gasteiger partial charge in [0.1, 0.15) is 10.6 Å². The minimum Gasteiger partial charge on any atom is -0.495 e. The third-order valence-electron chi connectivity index (χ3n) is 3.95. The van der Waals surface area contributed by atoms with E-state index in [4.69, 9.17) is 16.3 Å². The van der Waals surface area contributed by atoms with Gasteiger partial charge in [0, 0.05) is 18.1 Å². The fourth-order valence-corrected chi connectivity index (χ4v) is 4.21. The number of benzene rings is 2. The van der Waals surface area contributed by atoms with Crippen molar-refractivity contribution in [1.82, 2.24) is 14.3 Å². The number of aromatic amines is 1. The molecule has 9 heteroatoms. The predicted octanol–water partition coefficient (Wildman–Crippen LogP) is 2.36. The van der Waals surface area contributed by atoms with Crippen molar-refractivity contribution in [2.45, 2.75) is 17.9 Å². The molecule has 1 aromatic heterocycles. The second-order valence-electron chi connectivity index (χ2n) is 5.65. The Balaban J connectivity index is 1.69. The lowest BCUT2D eigenvalue weighted by Gasteiger charge is -2.11. The van der Waals surface area contributed by atoms with Crippen LogP contribution in [0.25, 0.3) is 11.0 Å². The molecule has 0 aliphatic carbocycles. The standard InChI is InChI=1S/C17H18ClN3O4S/c1-25-15-8-7-12(18)11-16(15)26(23,24)19-9-4-10-21-14-6-3-2-5-13(14)20-17(21)22/h2-3,5-8,11,19H,4,9-10H2,1H3,(H,20,22). The van der Waals surface area contributed by atoms with Crippen LogP contribution in [0.3, 0.4) is 0 Å². The van der Waals surface area contributed by atoms with E-state index in [1.807, 2.05) is 24.3 Å². The van der Waals surface area contributed by atoms with Gasteiger partial charge in [0.05, 0.1) is 18.1 Å². The average molecular weight is 396 g/mol. The molecule has 3 aromatic rings. The largest absolute Gasteiger partial charge is 0.495 e. The second kappa shape index (κ2) is 7.53. The van der Waals surface area contributed by atoms with Crippen molar-refractivity contribution < 1.29 is 13.2 Å². The van der Waals surface area contributed by atoms with Crippen LogP contribution in [0.1, 0.15) is 6.42 Å². The average Bonchev–Trinajstić information content (AvgIpc) is 2.94. The maximum atomic E-state index is 12.5. The van der Waals surface area contributed by atoms with Crippen molar-refractivity contribution in [2.24, 2.45) is 0 Å². The van der Waals surface area contributed by atoms with Crippen LogP contribution in [0.4, 0.5) is 0 Å². The zero-order chi connectivity index (χ0) is 18.7. The molecule has 0 unspecified atom stereocenters. The summed E-state index contributed by atoms with van der Waals surface area (Å²) in [6, 6.07) is 11.8. The number of aryl methyl sites for hydroxylation is 1. The summed E-state index contributed by atoms with van der Waals surface area (Å²) in [7, 11) is -2.38. The molecule has 0 aliphatic rings. The van der Waals surface area contributed by atoms with E-state index in [0.29, 0.717) is 18.0 Å². The quantitative estimate of drug-likeness (QED) is 0.600. The zero-order valence-electron chi connectivity index (χ0n) is 14.0. The Morgan fingerprint density at radius 1 is 1.23 bits per heavy atom. The van der Waals surface area contributed by atoms with E-state index >= 15 is 0 Å². The van der Waals surface area contributed by atoms with Crippen LogP contribution >= 0.6 is 11.6 Å². The van der Waals surface area contributed by atoms with E-state index in [0.717, 1.165) is 11.0 Å². The van der Waals surface area contributed by atoms with Gasteiger partial charge in [-0.1, -0.05) is 23.7 Å². The van der Waals surface area contributed by atoms with Crippen LogP contribution in [-0.2, 0) is 16.6 Å². The monoisotopic (exact) mass is 395 g/mol. The van der Waals surface area contributed by atoms with Gasteiger partial charge < -0.3 is 9.72 Å². The van der Waals surface area contributed by atoms with Crippen molar-refractivity contribution in [3.63, 3.8) is 0 Å². The molecule has 7 nitrogen and oxygen atoms in total. The number of imidazole rings is 1. The van der Waals surface area contributed by atoms with Crippen molar-refractivity contribution in [3.8, 4) is 5.75 Å². The van der Waals surface area contributed by atoms with Crippen LogP contribution in [0.15, 0.2) is 52.2 Å². The van der Waals surface area contributed by atoms with Gasteiger partial charge in [-0.25, -0.2) is 17.9 Å². The Labute approximate surface area is 155 Å². The minimum absolute atomic E-state index is 0.0169. The highest BCUT2D eigenvalue weighted by molar-refractivity contribution is 7.89. The summed E-state index contributed by atoms with van der Waals surface area (Å²) in [5, 5.41) is 0.302. The lowest BCUT2D eigenvalue weighted by molar-refractivity contribution is 0.402. The summed E-state index contributed by atoms with van der Waals surface area (Å²) in [5.74, 6) is 0.217. The summed E-state index contributed by atoms with van der Waals surface area (Å²) >= 11 is 5.89. The van der Waals surface area contributed by atoms with Gasteiger partial charge in [-0.2, -0.15) is 0 Å². The van der Waals surface area contributed by atoms with Gasteiger partial charge >= 0.3 is 5.69 Å². The van der Waals surface area contributed by atoms with Gasteiger partial charge in [-0.3, -0.25) is 4.57 Å². The van der Waals surface area contributed by atoms with Crippen molar-refractivity contribution in [3.05, 3.63) is 58.0 Å². The molecule has 2 N–H and O–H groups in total. The lowest BCUT2D eigenvalue weighted by Crippen LogP contribution is -2.27. The van der Waals surface area contributed by atoms with Crippen LogP contribution in [0.5, 0.6) is 5.75 Å². The summed E-state index contributed by atoms with van der Waals surface area (Å²) in [5.41, 5.74) is 1.32. The minimum atomic E-state index is -3.77. The number of H-pyrrole nitrogens is 1. The fraction of sp³-hybridized carbons (Fsp3) is 0.235. The number of fused-ring (bicyclic) bond motifs is 1. The number of nitrogens with zero attached hydrogens (tertiary/aromatic N) is 1. The van der Waals surface area contributed by atoms with Gasteiger partial charge in [-0.05, 0) is 36.8 Å². The van der Waals surface area contributed by atoms with Crippen LogP contribution in [0, 0.1) is 0 Å². The summed E-state index contributed by atoms with van der Waals surface area (Å²) < 4.78 is 34.2. The zero-order valence-corrected chi connectivity index (χ0v) is 15.6. The number of hydrogen-bond donors (Lipinski definition) is 2. The first kappa shape index (κ1) is 18.5. The molecular formula is C17H18ClN3O4S. The van der Waals surface area contributed by atoms with Crippen molar-refractivity contribution >= 4 is 32.7 Å². The molecule has 2 aromatic carbocycles. The number of halogens is 1. The first-order valence-electron chi connectivity index (χ1n) is 7.93. The molecule has 0 spiro atoms. The van der Waals surface area contributed by atoms with Crippen LogP contribution < -0.4 is 15.1 Å². The fourth-order valence-electron chi connectivity index (χ4n) is 2.71. The first-order valence-corrected chi connectivity index (χ1v) is 9.79. The number of sulfonamides is 1. The Bertz CT molecular complexity index is 1090. The van der Waals surface area contributed by atoms with Crippen molar-refractivity contribution in [1.29, 1.82) is 0 Å². The molecule has 0 radical (unpaired) electrons. The number of aromatic nitrogens is 2. The Morgan fingerprint density at radius 2 is 2.00 bits per heavy atom. The molecular weight excluding hydrogens is 378 g/mol. The number of methoxy groups -OCH3 is 1. The Kier molecular flexibility index (Phi) is 5.36. The highest BCUT2D eigenvalue weighted by atomic mass is 35.5. The van der Waals surface area contributed by atoms with E-state index < -0.39 is 10.0 Å². The number of rotatable bonds is 7. The summed E-state index contributed by atoms with van der Waals surface area (Å²) in [6.45, 7) is 0.558. The predicted molar refractivity (Wildman–Crippen MR) is 100 cm³/mol. The SMILES string of the molecule is COc1ccc(Cl)cc1S(=O)(=O)NCCCn1c(=O)[nH]c2ccccc21. The normalized spacial score (nSPS) is 11.8. The molecule has 3 rings (SSSR count). The van der Waals surface area contributed by atoms with Crippen LogP contribution in [0.2, 0.25) is 5.02 Å². The third-order valence-corrected chi connectivity index (χ3v) is 5.66. The molecule has 0 fully saturated rings. The topological polar surface area (TPSA) is 93.2 Å². The molecule has 0 bridgehead atoms. The molecule has 0 saturated heterocycles. The molecule has 26 heavy (non-hydrogen) atoms. The number of para-hydroxylation sites is 2. The summed E-state index contributed by atoms with van der Waals surface area (Å²) in [4.78, 5) is 14.8. The maximum Gasteiger partial charge on any atom is 0.326 e. The van der Waals surface area contributed by atoms with Gasteiger partial charge in [0.2, 0.25) is 10.0 Å². The van der Waals surface area contributed by atoms with E-state index in [-0.39, 0.29) is 22.9 Å². The van der Waals surface area contributed by atoms with E-state index in [1.54, 1.807) is 10.6 Å². The molecule has 138 valence electrons. The van der Waals surface area contributed by atoms with E-state index in [2.05, 4.69) is 9.71 Å². The number of ether oxygens (including phenoxy) is 1. The smallest absolute Gasteiger partial charge is 0.326 e. The molecule has 0 aliphatic heterocycles. The van der Waals surface area contributed by atoms with Gasteiger partial charge in [0.15, 0.2) is 0 Å². The second-order valence-corrected chi connectivity index (χ2v) is 7.82. The highest BCUT2D eigenvalue weighted by Gasteiger charge is 2.19. The Morgan fingerprint density at radius 3 is 2.77 bits per heavy atom. The van der Waals surface area contributed by atoms with Crippen LogP contribution in [-0.4, -0.2) is 31.6 Å². The van der Waals surface area contributed by atoms with Crippen molar-refractivity contribution in [2.75, 3.05) is 13.7 Å². The third kappa shape index (κ3) is 3.77. The molecule has 0 amide bonds. The van der Waals surface area contributed by atoms with Gasteiger partial charge in [0.25, 0.3) is 0 Å². The first-order chi connectivity index (χ1) is 12.4. The Hall–Kier alpha value is -2.29. The summed E-state index contributed by atoms with van der Waals surface area (Å²) in [6.07, 6.45) is 0.448. The lowest BCUT2D eigenvalue weighted by atomic mass is 10.3. The number of hydrogen-bond acceptors (Lipinski definition) is 4.